The summed E-state index contributed by atoms with van der Waals surface area (Å²) in [5.41, 5.74) is 0. The van der Waals surface area contributed by atoms with Crippen molar-refractivity contribution in [3.05, 3.63) is 0 Å². The fourth-order valence-electron chi connectivity index (χ4n) is 2.48. The molecule has 22 heavy (non-hydrogen) atoms. The molecule has 0 aliphatic heterocycles. The molecule has 0 aromatic rings. The van der Waals surface area contributed by atoms with Crippen molar-refractivity contribution in [2.24, 2.45) is 0 Å². The third-order valence-corrected chi connectivity index (χ3v) is 4.28. The van der Waals surface area contributed by atoms with Crippen LogP contribution in [0.15, 0.2) is 0 Å². The van der Waals surface area contributed by atoms with Gasteiger partial charge in [0.1, 0.15) is 0 Å². The summed E-state index contributed by atoms with van der Waals surface area (Å²) < 4.78 is 14.8. The molecule has 0 spiro atoms. The SMILES string of the molecule is CCCCCCCCCCCCCCCCOP(=O)(O)O.[Mo]. The number of hydrogen-bond donors (Lipinski definition) is 2. The molecule has 0 saturated heterocycles. The van der Waals surface area contributed by atoms with Gasteiger partial charge in [-0.1, -0.05) is 90.4 Å². The van der Waals surface area contributed by atoms with Crippen LogP contribution >= 0.6 is 7.82 Å². The van der Waals surface area contributed by atoms with Gasteiger partial charge in [0, 0.05) is 21.1 Å². The van der Waals surface area contributed by atoms with Crippen LogP contribution in [0.5, 0.6) is 0 Å². The summed E-state index contributed by atoms with van der Waals surface area (Å²) in [5, 5.41) is 0. The Balaban J connectivity index is 0. The fraction of sp³-hybridized carbons (Fsp3) is 1.00. The Labute approximate surface area is 151 Å². The summed E-state index contributed by atoms with van der Waals surface area (Å²) in [4.78, 5) is 17.0. The quantitative estimate of drug-likeness (QED) is 0.195. The molecule has 0 amide bonds. The third-order valence-electron chi connectivity index (χ3n) is 3.76. The van der Waals surface area contributed by atoms with Gasteiger partial charge in [0.2, 0.25) is 0 Å². The molecule has 0 heterocycles. The largest absolute Gasteiger partial charge is 0.469 e. The molecule has 0 radical (unpaired) electrons. The molecule has 4 nitrogen and oxygen atoms in total. The van der Waals surface area contributed by atoms with E-state index in [2.05, 4.69) is 11.4 Å². The van der Waals surface area contributed by atoms with E-state index in [1.54, 1.807) is 0 Å². The van der Waals surface area contributed by atoms with Gasteiger partial charge in [-0.15, -0.1) is 0 Å². The Bertz CT molecular complexity index is 259. The average molecular weight is 418 g/mol. The number of phosphoric ester groups is 1. The summed E-state index contributed by atoms with van der Waals surface area (Å²) in [5.74, 6) is 0. The van der Waals surface area contributed by atoms with Gasteiger partial charge in [0.05, 0.1) is 6.61 Å². The van der Waals surface area contributed by atoms with Crippen LogP contribution in [0, 0.1) is 0 Å². The molecule has 0 atom stereocenters. The summed E-state index contributed by atoms with van der Waals surface area (Å²) in [6.45, 7) is 2.42. The van der Waals surface area contributed by atoms with E-state index in [1.165, 1.54) is 70.6 Å². The summed E-state index contributed by atoms with van der Waals surface area (Å²) in [6.07, 6.45) is 17.8. The molecule has 0 aliphatic rings. The molecule has 2 N–H and O–H groups in total. The normalized spacial score (nSPS) is 11.4. The first kappa shape index (κ1) is 25.0. The number of rotatable bonds is 16. The van der Waals surface area contributed by atoms with Gasteiger partial charge in [-0.05, 0) is 6.42 Å². The zero-order valence-corrected chi connectivity index (χ0v) is 17.1. The molecule has 0 aromatic carbocycles. The standard InChI is InChI=1S/C16H35O4P.Mo/c1-2-3-4-5-6-7-8-9-10-11-12-13-14-15-16-20-21(17,18)19;/h2-16H2,1H3,(H2,17,18,19);. The molecular formula is C16H35MoO4P. The first-order chi connectivity index (χ1) is 10.1. The smallest absolute Gasteiger partial charge is 0.303 e. The van der Waals surface area contributed by atoms with Crippen molar-refractivity contribution in [3.8, 4) is 0 Å². The molecule has 0 unspecified atom stereocenters. The van der Waals surface area contributed by atoms with Crippen LogP contribution in [0.25, 0.3) is 0 Å². The Morgan fingerprint density at radius 2 is 1.00 bits per heavy atom. The first-order valence-electron chi connectivity index (χ1n) is 8.76. The molecular weight excluding hydrogens is 383 g/mol. The van der Waals surface area contributed by atoms with Crippen LogP contribution < -0.4 is 0 Å². The Morgan fingerprint density at radius 1 is 0.682 bits per heavy atom. The van der Waals surface area contributed by atoms with E-state index in [0.29, 0.717) is 0 Å². The predicted octanol–water partition coefficient (Wildman–Crippen LogP) is 5.57. The maximum atomic E-state index is 10.4. The molecule has 0 bridgehead atoms. The van der Waals surface area contributed by atoms with E-state index in [-0.39, 0.29) is 27.7 Å². The summed E-state index contributed by atoms with van der Waals surface area (Å²) >= 11 is 0. The number of phosphoric acid groups is 1. The minimum Gasteiger partial charge on any atom is -0.303 e. The van der Waals surface area contributed by atoms with E-state index in [0.717, 1.165) is 19.3 Å². The number of unbranched alkanes of at least 4 members (excludes halogenated alkanes) is 13. The van der Waals surface area contributed by atoms with Gasteiger partial charge < -0.3 is 9.79 Å². The average Bonchev–Trinajstić information content (AvgIpc) is 2.42. The molecule has 6 heteroatoms. The second kappa shape index (κ2) is 18.1. The van der Waals surface area contributed by atoms with Crippen molar-refractivity contribution in [1.29, 1.82) is 0 Å². The van der Waals surface area contributed by atoms with Crippen LogP contribution in [-0.4, -0.2) is 16.4 Å². The molecule has 0 aliphatic carbocycles. The van der Waals surface area contributed by atoms with Crippen molar-refractivity contribution in [2.75, 3.05) is 6.61 Å². The monoisotopic (exact) mass is 420 g/mol. The van der Waals surface area contributed by atoms with E-state index in [1.807, 2.05) is 0 Å². The van der Waals surface area contributed by atoms with Gasteiger partial charge in [0.15, 0.2) is 0 Å². The van der Waals surface area contributed by atoms with E-state index in [9.17, 15) is 4.57 Å². The second-order valence-electron chi connectivity index (χ2n) is 5.92. The molecule has 0 fully saturated rings. The Kier molecular flexibility index (Phi) is 20.7. The topological polar surface area (TPSA) is 66.8 Å². The minimum atomic E-state index is -4.25. The third kappa shape index (κ3) is 23.1. The fourth-order valence-corrected chi connectivity index (χ4v) is 2.85. The van der Waals surface area contributed by atoms with Gasteiger partial charge in [-0.25, -0.2) is 4.57 Å². The Morgan fingerprint density at radius 3 is 1.32 bits per heavy atom. The van der Waals surface area contributed by atoms with Crippen molar-refractivity contribution >= 4 is 7.82 Å². The molecule has 0 rings (SSSR count). The zero-order chi connectivity index (χ0) is 15.8. The van der Waals surface area contributed by atoms with Crippen molar-refractivity contribution in [1.82, 2.24) is 0 Å². The first-order valence-corrected chi connectivity index (χ1v) is 10.3. The molecule has 134 valence electrons. The maximum Gasteiger partial charge on any atom is 0.469 e. The molecule has 0 aromatic heterocycles. The second-order valence-corrected chi connectivity index (χ2v) is 7.16. The minimum absolute atomic E-state index is 0. The van der Waals surface area contributed by atoms with E-state index < -0.39 is 7.82 Å². The van der Waals surface area contributed by atoms with Crippen LogP contribution in [0.4, 0.5) is 0 Å². The summed E-state index contributed by atoms with van der Waals surface area (Å²) in [7, 11) is -4.25. The Hall–Kier alpha value is 0.798. The van der Waals surface area contributed by atoms with E-state index >= 15 is 0 Å². The van der Waals surface area contributed by atoms with Crippen LogP contribution in [0.2, 0.25) is 0 Å². The van der Waals surface area contributed by atoms with Crippen molar-refractivity contribution < 1.29 is 39.9 Å². The van der Waals surface area contributed by atoms with E-state index in [4.69, 9.17) is 9.79 Å². The van der Waals surface area contributed by atoms with Crippen LogP contribution in [-0.2, 0) is 30.2 Å². The van der Waals surface area contributed by atoms with Gasteiger partial charge >= 0.3 is 7.82 Å². The van der Waals surface area contributed by atoms with Crippen molar-refractivity contribution in [2.45, 2.75) is 96.8 Å². The predicted molar refractivity (Wildman–Crippen MR) is 88.3 cm³/mol. The summed E-state index contributed by atoms with van der Waals surface area (Å²) in [6, 6.07) is 0. The van der Waals surface area contributed by atoms with Crippen molar-refractivity contribution in [3.63, 3.8) is 0 Å². The molecule has 0 saturated carbocycles. The van der Waals surface area contributed by atoms with Gasteiger partial charge in [0.25, 0.3) is 0 Å². The van der Waals surface area contributed by atoms with Crippen LogP contribution in [0.1, 0.15) is 96.8 Å². The zero-order valence-electron chi connectivity index (χ0n) is 14.2. The maximum absolute atomic E-state index is 10.4. The van der Waals surface area contributed by atoms with Crippen LogP contribution in [0.3, 0.4) is 0 Å². The van der Waals surface area contributed by atoms with Gasteiger partial charge in [-0.2, -0.15) is 0 Å². The van der Waals surface area contributed by atoms with Gasteiger partial charge in [-0.3, -0.25) is 4.52 Å². The number of hydrogen-bond acceptors (Lipinski definition) is 2.